The average molecular weight is 345 g/mol. The van der Waals surface area contributed by atoms with Crippen LogP contribution in [0.25, 0.3) is 0 Å². The first kappa shape index (κ1) is 16.3. The van der Waals surface area contributed by atoms with Gasteiger partial charge in [-0.25, -0.2) is 0 Å². The quantitative estimate of drug-likeness (QED) is 0.897. The van der Waals surface area contributed by atoms with Crippen LogP contribution in [0, 0.1) is 0 Å². The molecule has 0 bridgehead atoms. The molecule has 1 heterocycles. The third kappa shape index (κ3) is 3.36. The average Bonchev–Trinajstić information content (AvgIpc) is 2.57. The van der Waals surface area contributed by atoms with Gasteiger partial charge in [-0.05, 0) is 23.8 Å². The van der Waals surface area contributed by atoms with E-state index in [1.807, 2.05) is 0 Å². The summed E-state index contributed by atoms with van der Waals surface area (Å²) in [6.07, 6.45) is 0.161. The monoisotopic (exact) mass is 344 g/mol. The zero-order valence-corrected chi connectivity index (χ0v) is 13.7. The SMILES string of the molecule is O=C1NCCN(C(=O)Cc2ccc(O)cc2)[C@@H]1c1ccccc1Cl. The summed E-state index contributed by atoms with van der Waals surface area (Å²) < 4.78 is 0. The highest BCUT2D eigenvalue weighted by Crippen LogP contribution is 2.29. The van der Waals surface area contributed by atoms with Crippen LogP contribution in [0.4, 0.5) is 0 Å². The second kappa shape index (κ2) is 6.93. The maximum atomic E-state index is 12.7. The Bertz CT molecular complexity index is 761. The maximum Gasteiger partial charge on any atom is 0.247 e. The number of phenols is 1. The second-order valence-corrected chi connectivity index (χ2v) is 6.05. The number of phenolic OH excluding ortho intramolecular Hbond substituents is 1. The number of benzene rings is 2. The van der Waals surface area contributed by atoms with Crippen LogP contribution in [0.15, 0.2) is 48.5 Å². The van der Waals surface area contributed by atoms with Gasteiger partial charge >= 0.3 is 0 Å². The fraction of sp³-hybridized carbons (Fsp3) is 0.222. The van der Waals surface area contributed by atoms with Crippen LogP contribution in [0.3, 0.4) is 0 Å². The third-order valence-corrected chi connectivity index (χ3v) is 4.37. The highest BCUT2D eigenvalue weighted by Gasteiger charge is 2.35. The molecule has 1 atom stereocenters. The van der Waals surface area contributed by atoms with E-state index < -0.39 is 6.04 Å². The lowest BCUT2D eigenvalue weighted by Crippen LogP contribution is -2.52. The number of nitrogens with zero attached hydrogens (tertiary/aromatic N) is 1. The normalized spacial score (nSPS) is 17.5. The van der Waals surface area contributed by atoms with Crippen molar-refractivity contribution >= 4 is 23.4 Å². The number of carbonyl (C=O) groups excluding carboxylic acids is 2. The van der Waals surface area contributed by atoms with Gasteiger partial charge in [0.2, 0.25) is 11.8 Å². The number of aromatic hydroxyl groups is 1. The Morgan fingerprint density at radius 1 is 1.21 bits per heavy atom. The lowest BCUT2D eigenvalue weighted by atomic mass is 10.0. The lowest BCUT2D eigenvalue weighted by molar-refractivity contribution is -0.143. The van der Waals surface area contributed by atoms with Gasteiger partial charge in [-0.1, -0.05) is 41.9 Å². The molecule has 0 unspecified atom stereocenters. The molecule has 1 aliphatic heterocycles. The highest BCUT2D eigenvalue weighted by molar-refractivity contribution is 6.31. The summed E-state index contributed by atoms with van der Waals surface area (Å²) in [7, 11) is 0. The van der Waals surface area contributed by atoms with Crippen molar-refractivity contribution in [1.29, 1.82) is 0 Å². The molecule has 0 radical (unpaired) electrons. The predicted octanol–water partition coefficient (Wildman–Crippen LogP) is 2.29. The molecule has 1 fully saturated rings. The van der Waals surface area contributed by atoms with Gasteiger partial charge in [-0.3, -0.25) is 9.59 Å². The number of nitrogens with one attached hydrogen (secondary N) is 1. The largest absolute Gasteiger partial charge is 0.508 e. The van der Waals surface area contributed by atoms with E-state index in [-0.39, 0.29) is 24.0 Å². The molecule has 0 saturated carbocycles. The van der Waals surface area contributed by atoms with Gasteiger partial charge < -0.3 is 15.3 Å². The predicted molar refractivity (Wildman–Crippen MR) is 90.7 cm³/mol. The molecule has 2 aromatic carbocycles. The molecule has 124 valence electrons. The first-order valence-corrected chi connectivity index (χ1v) is 8.03. The number of amides is 2. The van der Waals surface area contributed by atoms with Crippen molar-refractivity contribution in [3.63, 3.8) is 0 Å². The van der Waals surface area contributed by atoms with Crippen LogP contribution in [0.5, 0.6) is 5.75 Å². The van der Waals surface area contributed by atoms with Gasteiger partial charge in [-0.2, -0.15) is 0 Å². The number of rotatable bonds is 3. The topological polar surface area (TPSA) is 69.6 Å². The Hall–Kier alpha value is -2.53. The van der Waals surface area contributed by atoms with Crippen molar-refractivity contribution in [2.45, 2.75) is 12.5 Å². The minimum absolute atomic E-state index is 0.150. The standard InChI is InChI=1S/C18H17ClN2O3/c19-15-4-2-1-3-14(15)17-18(24)20-9-10-21(17)16(23)11-12-5-7-13(22)8-6-12/h1-8,17,22H,9-11H2,(H,20,24)/t17-/m1/s1. The summed E-state index contributed by atoms with van der Waals surface area (Å²) in [6, 6.07) is 12.8. The minimum Gasteiger partial charge on any atom is -0.508 e. The number of piperazine rings is 1. The Labute approximate surface area is 144 Å². The Kier molecular flexibility index (Phi) is 4.71. The molecule has 3 rings (SSSR count). The molecule has 0 aromatic heterocycles. The summed E-state index contributed by atoms with van der Waals surface area (Å²) in [5.41, 5.74) is 1.40. The van der Waals surface area contributed by atoms with Crippen molar-refractivity contribution in [2.75, 3.05) is 13.1 Å². The van der Waals surface area contributed by atoms with E-state index in [1.54, 1.807) is 41.3 Å². The van der Waals surface area contributed by atoms with Gasteiger partial charge in [0, 0.05) is 23.7 Å². The van der Waals surface area contributed by atoms with Crippen LogP contribution in [0.1, 0.15) is 17.2 Å². The first-order chi connectivity index (χ1) is 11.6. The fourth-order valence-electron chi connectivity index (χ4n) is 2.83. The van der Waals surface area contributed by atoms with Crippen molar-refractivity contribution in [3.8, 4) is 5.75 Å². The van der Waals surface area contributed by atoms with Crippen LogP contribution in [0.2, 0.25) is 5.02 Å². The third-order valence-electron chi connectivity index (χ3n) is 4.02. The Morgan fingerprint density at radius 3 is 2.62 bits per heavy atom. The van der Waals surface area contributed by atoms with Crippen molar-refractivity contribution in [1.82, 2.24) is 10.2 Å². The molecule has 2 N–H and O–H groups in total. The van der Waals surface area contributed by atoms with Crippen molar-refractivity contribution in [2.24, 2.45) is 0 Å². The van der Waals surface area contributed by atoms with Gasteiger partial charge in [0.15, 0.2) is 0 Å². The van der Waals surface area contributed by atoms with Crippen LogP contribution < -0.4 is 5.32 Å². The highest BCUT2D eigenvalue weighted by atomic mass is 35.5. The Morgan fingerprint density at radius 2 is 1.92 bits per heavy atom. The van der Waals surface area contributed by atoms with Gasteiger partial charge in [-0.15, -0.1) is 0 Å². The molecule has 0 spiro atoms. The summed E-state index contributed by atoms with van der Waals surface area (Å²) in [5.74, 6) is -0.230. The maximum absolute atomic E-state index is 12.7. The van der Waals surface area contributed by atoms with E-state index in [2.05, 4.69) is 5.32 Å². The second-order valence-electron chi connectivity index (χ2n) is 5.65. The first-order valence-electron chi connectivity index (χ1n) is 7.66. The summed E-state index contributed by atoms with van der Waals surface area (Å²) in [4.78, 5) is 26.7. The zero-order valence-electron chi connectivity index (χ0n) is 12.9. The van der Waals surface area contributed by atoms with E-state index >= 15 is 0 Å². The number of hydrogen-bond acceptors (Lipinski definition) is 3. The molecular weight excluding hydrogens is 328 g/mol. The molecule has 1 saturated heterocycles. The molecule has 2 amide bonds. The molecular formula is C18H17ClN2O3. The number of hydrogen-bond donors (Lipinski definition) is 2. The number of carbonyl (C=O) groups is 2. The van der Waals surface area contributed by atoms with Crippen LogP contribution in [-0.2, 0) is 16.0 Å². The molecule has 6 heteroatoms. The van der Waals surface area contributed by atoms with E-state index in [0.29, 0.717) is 23.7 Å². The van der Waals surface area contributed by atoms with Crippen molar-refractivity contribution < 1.29 is 14.7 Å². The molecule has 0 aliphatic carbocycles. The summed E-state index contributed by atoms with van der Waals surface area (Å²) in [6.45, 7) is 0.847. The minimum atomic E-state index is -0.725. The molecule has 1 aliphatic rings. The zero-order chi connectivity index (χ0) is 17.1. The fourth-order valence-corrected chi connectivity index (χ4v) is 3.07. The number of halogens is 1. The van der Waals surface area contributed by atoms with E-state index in [9.17, 15) is 14.7 Å². The molecule has 24 heavy (non-hydrogen) atoms. The van der Waals surface area contributed by atoms with Gasteiger partial charge in [0.05, 0.1) is 6.42 Å². The van der Waals surface area contributed by atoms with E-state index in [0.717, 1.165) is 5.56 Å². The lowest BCUT2D eigenvalue weighted by Gasteiger charge is -2.35. The smallest absolute Gasteiger partial charge is 0.247 e. The summed E-state index contributed by atoms with van der Waals surface area (Å²) in [5, 5.41) is 12.6. The van der Waals surface area contributed by atoms with Crippen molar-refractivity contribution in [3.05, 3.63) is 64.7 Å². The molecule has 2 aromatic rings. The van der Waals surface area contributed by atoms with E-state index in [1.165, 1.54) is 12.1 Å². The van der Waals surface area contributed by atoms with E-state index in [4.69, 9.17) is 11.6 Å². The molecule has 5 nitrogen and oxygen atoms in total. The van der Waals surface area contributed by atoms with Crippen LogP contribution >= 0.6 is 11.6 Å². The van der Waals surface area contributed by atoms with Gasteiger partial charge in [0.25, 0.3) is 0 Å². The van der Waals surface area contributed by atoms with Gasteiger partial charge in [0.1, 0.15) is 11.8 Å². The Balaban J connectivity index is 1.86. The van der Waals surface area contributed by atoms with Crippen LogP contribution in [-0.4, -0.2) is 34.9 Å². The summed E-state index contributed by atoms with van der Waals surface area (Å²) >= 11 is 6.22.